The molecule has 0 aliphatic carbocycles. The Bertz CT molecular complexity index is 381. The van der Waals surface area contributed by atoms with Gasteiger partial charge < -0.3 is 14.4 Å². The Morgan fingerprint density at radius 2 is 1.60 bits per heavy atom. The molecule has 20 heavy (non-hydrogen) atoms. The maximum Gasteiger partial charge on any atom is 0.0700 e. The molecule has 112 valence electrons. The van der Waals surface area contributed by atoms with Crippen LogP contribution in [0.1, 0.15) is 0 Å². The van der Waals surface area contributed by atoms with Crippen LogP contribution >= 0.6 is 39.5 Å². The van der Waals surface area contributed by atoms with E-state index in [4.69, 9.17) is 9.47 Å². The minimum atomic E-state index is 0.709. The summed E-state index contributed by atoms with van der Waals surface area (Å²) in [6, 6.07) is 8.48. The molecule has 1 heterocycles. The summed E-state index contributed by atoms with van der Waals surface area (Å²) in [5.41, 5.74) is 1.26. The van der Waals surface area contributed by atoms with Crippen molar-refractivity contribution in [1.82, 2.24) is 0 Å². The van der Waals surface area contributed by atoms with Crippen molar-refractivity contribution < 1.29 is 9.47 Å². The van der Waals surface area contributed by atoms with Crippen LogP contribution in [0.5, 0.6) is 0 Å². The van der Waals surface area contributed by atoms with Gasteiger partial charge in [-0.05, 0) is 18.2 Å². The van der Waals surface area contributed by atoms with Gasteiger partial charge in [-0.25, -0.2) is 0 Å². The van der Waals surface area contributed by atoms with Crippen LogP contribution in [0.15, 0.2) is 28.7 Å². The average Bonchev–Trinajstić information content (AvgIpc) is 2.48. The fraction of sp³-hybridized carbons (Fsp3) is 0.571. The molecule has 1 aromatic rings. The van der Waals surface area contributed by atoms with Crippen LogP contribution < -0.4 is 4.90 Å². The second kappa shape index (κ2) is 9.95. The highest BCUT2D eigenvalue weighted by atomic mass is 79.9. The van der Waals surface area contributed by atoms with Crippen LogP contribution in [0.3, 0.4) is 0 Å². The number of hydrogen-bond donors (Lipinski definition) is 0. The van der Waals surface area contributed by atoms with E-state index in [1.165, 1.54) is 5.69 Å². The van der Waals surface area contributed by atoms with Crippen molar-refractivity contribution in [3.8, 4) is 0 Å². The molecule has 0 atom stereocenters. The molecule has 1 aliphatic rings. The molecule has 0 aromatic heterocycles. The molecule has 1 fully saturated rings. The van der Waals surface area contributed by atoms with Gasteiger partial charge in [0, 0.05) is 21.7 Å². The first-order valence-electron chi connectivity index (χ1n) is 6.68. The standard InChI is InChI=1S/C14H20BrNO2S2/c15-13-2-1-3-14(10-13)16-11-19-8-6-17-4-5-18-7-9-20-12-16/h1-3,10H,4-9,11-12H2. The molecule has 0 spiro atoms. The van der Waals surface area contributed by atoms with E-state index in [2.05, 4.69) is 45.1 Å². The van der Waals surface area contributed by atoms with Gasteiger partial charge in [0.05, 0.1) is 38.2 Å². The summed E-state index contributed by atoms with van der Waals surface area (Å²) in [4.78, 5) is 2.40. The molecule has 1 saturated heterocycles. The van der Waals surface area contributed by atoms with Crippen molar-refractivity contribution >= 4 is 45.1 Å². The molecule has 0 unspecified atom stereocenters. The molecule has 0 radical (unpaired) electrons. The molecule has 0 amide bonds. The van der Waals surface area contributed by atoms with Crippen molar-refractivity contribution in [1.29, 1.82) is 0 Å². The summed E-state index contributed by atoms with van der Waals surface area (Å²) in [5.74, 6) is 4.03. The monoisotopic (exact) mass is 377 g/mol. The third kappa shape index (κ3) is 6.26. The quantitative estimate of drug-likeness (QED) is 0.741. The van der Waals surface area contributed by atoms with E-state index in [0.29, 0.717) is 13.2 Å². The van der Waals surface area contributed by atoms with Crippen LogP contribution in [0, 0.1) is 0 Å². The lowest BCUT2D eigenvalue weighted by Gasteiger charge is -2.24. The number of hydrogen-bond acceptors (Lipinski definition) is 5. The normalized spacial score (nSPS) is 19.8. The number of ether oxygens (including phenoxy) is 2. The van der Waals surface area contributed by atoms with E-state index < -0.39 is 0 Å². The van der Waals surface area contributed by atoms with E-state index >= 15 is 0 Å². The van der Waals surface area contributed by atoms with Crippen molar-refractivity contribution in [2.24, 2.45) is 0 Å². The minimum absolute atomic E-state index is 0.709. The van der Waals surface area contributed by atoms with Gasteiger partial charge in [0.15, 0.2) is 0 Å². The zero-order chi connectivity index (χ0) is 14.0. The predicted molar refractivity (Wildman–Crippen MR) is 92.9 cm³/mol. The Balaban J connectivity index is 1.92. The highest BCUT2D eigenvalue weighted by Crippen LogP contribution is 2.23. The largest absolute Gasteiger partial charge is 0.378 e. The van der Waals surface area contributed by atoms with Gasteiger partial charge >= 0.3 is 0 Å². The highest BCUT2D eigenvalue weighted by Gasteiger charge is 2.08. The van der Waals surface area contributed by atoms with Crippen molar-refractivity contribution in [3.63, 3.8) is 0 Å². The zero-order valence-electron chi connectivity index (χ0n) is 11.4. The zero-order valence-corrected chi connectivity index (χ0v) is 14.6. The molecule has 0 saturated carbocycles. The number of halogens is 1. The molecule has 2 rings (SSSR count). The topological polar surface area (TPSA) is 21.7 Å². The first-order chi connectivity index (χ1) is 9.86. The maximum absolute atomic E-state index is 5.53. The molecule has 0 N–H and O–H groups in total. The number of benzene rings is 1. The van der Waals surface area contributed by atoms with Gasteiger partial charge in [0.1, 0.15) is 0 Å². The molecule has 1 aromatic carbocycles. The van der Waals surface area contributed by atoms with E-state index in [0.717, 1.165) is 40.9 Å². The molecule has 6 heteroatoms. The number of thioether (sulfide) groups is 2. The molecule has 1 aliphatic heterocycles. The SMILES string of the molecule is Brc1cccc(N2CSCCOCCOCCSC2)c1. The Morgan fingerprint density at radius 3 is 2.20 bits per heavy atom. The minimum Gasteiger partial charge on any atom is -0.378 e. The average molecular weight is 378 g/mol. The van der Waals surface area contributed by atoms with Crippen molar-refractivity contribution in [2.75, 3.05) is 54.6 Å². The van der Waals surface area contributed by atoms with E-state index in [-0.39, 0.29) is 0 Å². The summed E-state index contributed by atoms with van der Waals surface area (Å²) in [7, 11) is 0. The summed E-state index contributed by atoms with van der Waals surface area (Å²) in [6.07, 6.45) is 0. The summed E-state index contributed by atoms with van der Waals surface area (Å²) >= 11 is 7.37. The van der Waals surface area contributed by atoms with Gasteiger partial charge in [0.25, 0.3) is 0 Å². The summed E-state index contributed by atoms with van der Waals surface area (Å²) in [5, 5.41) is 0. The van der Waals surface area contributed by atoms with Crippen LogP contribution in [-0.2, 0) is 9.47 Å². The molecular formula is C14H20BrNO2S2. The lowest BCUT2D eigenvalue weighted by atomic mass is 10.3. The van der Waals surface area contributed by atoms with Crippen LogP contribution in [0.25, 0.3) is 0 Å². The number of rotatable bonds is 1. The van der Waals surface area contributed by atoms with Gasteiger partial charge in [-0.2, -0.15) is 0 Å². The van der Waals surface area contributed by atoms with E-state index in [1.54, 1.807) is 0 Å². The van der Waals surface area contributed by atoms with E-state index in [9.17, 15) is 0 Å². The molecule has 3 nitrogen and oxygen atoms in total. The van der Waals surface area contributed by atoms with Crippen LogP contribution in [-0.4, -0.2) is 49.7 Å². The van der Waals surface area contributed by atoms with Gasteiger partial charge in [-0.1, -0.05) is 22.0 Å². The van der Waals surface area contributed by atoms with Gasteiger partial charge in [0.2, 0.25) is 0 Å². The lowest BCUT2D eigenvalue weighted by Crippen LogP contribution is -2.23. The predicted octanol–water partition coefficient (Wildman–Crippen LogP) is 3.68. The van der Waals surface area contributed by atoms with Crippen molar-refractivity contribution in [2.45, 2.75) is 0 Å². The van der Waals surface area contributed by atoms with E-state index in [1.807, 2.05) is 23.5 Å². The fourth-order valence-electron chi connectivity index (χ4n) is 1.77. The maximum atomic E-state index is 5.53. The van der Waals surface area contributed by atoms with Crippen LogP contribution in [0.2, 0.25) is 0 Å². The fourth-order valence-corrected chi connectivity index (χ4v) is 3.92. The highest BCUT2D eigenvalue weighted by molar-refractivity contribution is 9.10. The Kier molecular flexibility index (Phi) is 8.20. The third-order valence-electron chi connectivity index (χ3n) is 2.78. The number of anilines is 1. The van der Waals surface area contributed by atoms with Gasteiger partial charge in [-0.3, -0.25) is 0 Å². The number of nitrogens with zero attached hydrogens (tertiary/aromatic N) is 1. The lowest BCUT2D eigenvalue weighted by molar-refractivity contribution is 0.0605. The van der Waals surface area contributed by atoms with Crippen LogP contribution in [0.4, 0.5) is 5.69 Å². The smallest absolute Gasteiger partial charge is 0.0700 e. The third-order valence-corrected chi connectivity index (χ3v) is 5.18. The molecular weight excluding hydrogens is 358 g/mol. The van der Waals surface area contributed by atoms with Crippen molar-refractivity contribution in [3.05, 3.63) is 28.7 Å². The Morgan fingerprint density at radius 1 is 0.950 bits per heavy atom. The summed E-state index contributed by atoms with van der Waals surface area (Å²) < 4.78 is 12.2. The molecule has 0 bridgehead atoms. The van der Waals surface area contributed by atoms with Gasteiger partial charge in [-0.15, -0.1) is 23.5 Å². The Labute approximate surface area is 137 Å². The second-order valence-corrected chi connectivity index (χ2v) is 7.38. The second-order valence-electron chi connectivity index (χ2n) is 4.32. The first-order valence-corrected chi connectivity index (χ1v) is 9.78. The summed E-state index contributed by atoms with van der Waals surface area (Å²) in [6.45, 7) is 3.02. The Hall–Kier alpha value is 0.120. The first kappa shape index (κ1) is 16.5.